The zero-order valence-electron chi connectivity index (χ0n) is 7.49. The van der Waals surface area contributed by atoms with Crippen LogP contribution in [-0.2, 0) is 0 Å². The van der Waals surface area contributed by atoms with Crippen molar-refractivity contribution < 1.29 is 9.90 Å². The molecule has 0 saturated heterocycles. The van der Waals surface area contributed by atoms with E-state index in [1.54, 1.807) is 11.4 Å². The van der Waals surface area contributed by atoms with Crippen molar-refractivity contribution in [2.75, 3.05) is 6.54 Å². The molecule has 0 fully saturated rings. The Bertz CT molecular complexity index is 259. The normalized spacial score (nSPS) is 12.5. The first-order valence-electron chi connectivity index (χ1n) is 4.22. The predicted octanol–water partition coefficient (Wildman–Crippen LogP) is 1.25. The van der Waals surface area contributed by atoms with Gasteiger partial charge in [0.2, 0.25) is 0 Å². The van der Waals surface area contributed by atoms with Crippen LogP contribution in [0.1, 0.15) is 23.7 Å². The molecule has 1 heterocycles. The molecule has 1 unspecified atom stereocenters. The molecule has 13 heavy (non-hydrogen) atoms. The molecule has 0 saturated carbocycles. The third kappa shape index (κ3) is 3.16. The van der Waals surface area contributed by atoms with E-state index in [9.17, 15) is 9.90 Å². The Kier molecular flexibility index (Phi) is 3.92. The average Bonchev–Trinajstić information content (AvgIpc) is 2.66. The molecular weight excluding hydrogens is 186 g/mol. The van der Waals surface area contributed by atoms with Crippen molar-refractivity contribution in [3.8, 4) is 0 Å². The SMILES string of the molecule is CCC(O)CNC(=O)c1ccsc1. The number of hydrogen-bond donors (Lipinski definition) is 2. The van der Waals surface area contributed by atoms with E-state index < -0.39 is 6.10 Å². The van der Waals surface area contributed by atoms with Gasteiger partial charge in [-0.2, -0.15) is 11.3 Å². The molecule has 3 nitrogen and oxygen atoms in total. The molecule has 1 amide bonds. The number of hydrogen-bond acceptors (Lipinski definition) is 3. The van der Waals surface area contributed by atoms with Crippen LogP contribution in [0.4, 0.5) is 0 Å². The second-order valence-electron chi connectivity index (χ2n) is 2.78. The zero-order valence-corrected chi connectivity index (χ0v) is 8.30. The lowest BCUT2D eigenvalue weighted by Gasteiger charge is -2.08. The summed E-state index contributed by atoms with van der Waals surface area (Å²) in [5.74, 6) is -0.117. The second kappa shape index (κ2) is 4.99. The summed E-state index contributed by atoms with van der Waals surface area (Å²) in [7, 11) is 0. The number of aliphatic hydroxyl groups is 1. The predicted molar refractivity (Wildman–Crippen MR) is 53.0 cm³/mol. The monoisotopic (exact) mass is 199 g/mol. The Morgan fingerprint density at radius 1 is 1.77 bits per heavy atom. The molecule has 0 aliphatic carbocycles. The highest BCUT2D eigenvalue weighted by Crippen LogP contribution is 2.05. The Morgan fingerprint density at radius 3 is 3.08 bits per heavy atom. The maximum atomic E-state index is 11.3. The molecule has 72 valence electrons. The van der Waals surface area contributed by atoms with Gasteiger partial charge in [0, 0.05) is 17.5 Å². The van der Waals surface area contributed by atoms with Gasteiger partial charge in [0.05, 0.1) is 6.10 Å². The second-order valence-corrected chi connectivity index (χ2v) is 3.56. The van der Waals surface area contributed by atoms with E-state index in [0.29, 0.717) is 18.5 Å². The standard InChI is InChI=1S/C9H13NO2S/c1-2-8(11)5-10-9(12)7-3-4-13-6-7/h3-4,6,8,11H,2,5H2,1H3,(H,10,12). The third-order valence-electron chi connectivity index (χ3n) is 1.75. The lowest BCUT2D eigenvalue weighted by Crippen LogP contribution is -2.31. The summed E-state index contributed by atoms with van der Waals surface area (Å²) in [6.07, 6.45) is 0.215. The van der Waals surface area contributed by atoms with Crippen LogP contribution in [0.2, 0.25) is 0 Å². The maximum absolute atomic E-state index is 11.3. The summed E-state index contributed by atoms with van der Waals surface area (Å²) < 4.78 is 0. The van der Waals surface area contributed by atoms with E-state index in [1.807, 2.05) is 12.3 Å². The summed E-state index contributed by atoms with van der Waals surface area (Å²) in [5, 5.41) is 15.5. The lowest BCUT2D eigenvalue weighted by atomic mass is 10.2. The summed E-state index contributed by atoms with van der Waals surface area (Å²) in [5.41, 5.74) is 0.660. The van der Waals surface area contributed by atoms with E-state index in [4.69, 9.17) is 0 Å². The molecule has 1 aromatic heterocycles. The van der Waals surface area contributed by atoms with Gasteiger partial charge in [-0.05, 0) is 17.9 Å². The first-order valence-corrected chi connectivity index (χ1v) is 5.16. The molecule has 0 aliphatic rings. The van der Waals surface area contributed by atoms with E-state index in [2.05, 4.69) is 5.32 Å². The maximum Gasteiger partial charge on any atom is 0.252 e. The van der Waals surface area contributed by atoms with Crippen LogP contribution in [-0.4, -0.2) is 23.7 Å². The highest BCUT2D eigenvalue weighted by Gasteiger charge is 2.06. The highest BCUT2D eigenvalue weighted by molar-refractivity contribution is 7.08. The van der Waals surface area contributed by atoms with Gasteiger partial charge in [-0.3, -0.25) is 4.79 Å². The summed E-state index contributed by atoms with van der Waals surface area (Å²) in [6.45, 7) is 2.20. The molecule has 1 atom stereocenters. The van der Waals surface area contributed by atoms with Crippen molar-refractivity contribution in [2.24, 2.45) is 0 Å². The smallest absolute Gasteiger partial charge is 0.252 e. The Hall–Kier alpha value is -0.870. The molecule has 1 aromatic rings. The van der Waals surface area contributed by atoms with Gasteiger partial charge >= 0.3 is 0 Å². The van der Waals surface area contributed by atoms with Crippen molar-refractivity contribution in [1.29, 1.82) is 0 Å². The molecule has 0 aliphatic heterocycles. The molecule has 4 heteroatoms. The average molecular weight is 199 g/mol. The van der Waals surface area contributed by atoms with Gasteiger partial charge in [-0.15, -0.1) is 0 Å². The van der Waals surface area contributed by atoms with Gasteiger partial charge in [0.15, 0.2) is 0 Å². The third-order valence-corrected chi connectivity index (χ3v) is 2.44. The van der Waals surface area contributed by atoms with E-state index >= 15 is 0 Å². The number of thiophene rings is 1. The van der Waals surface area contributed by atoms with Crippen molar-refractivity contribution in [3.63, 3.8) is 0 Å². The Morgan fingerprint density at radius 2 is 2.54 bits per heavy atom. The summed E-state index contributed by atoms with van der Waals surface area (Å²) in [6, 6.07) is 1.76. The van der Waals surface area contributed by atoms with Crippen molar-refractivity contribution in [3.05, 3.63) is 22.4 Å². The first-order chi connectivity index (χ1) is 6.24. The fourth-order valence-electron chi connectivity index (χ4n) is 0.851. The number of carbonyl (C=O) groups is 1. The zero-order chi connectivity index (χ0) is 9.68. The molecule has 2 N–H and O–H groups in total. The van der Waals surface area contributed by atoms with Crippen LogP contribution in [0, 0.1) is 0 Å². The molecule has 0 bridgehead atoms. The van der Waals surface area contributed by atoms with Crippen LogP contribution in [0.15, 0.2) is 16.8 Å². The van der Waals surface area contributed by atoms with Crippen molar-refractivity contribution >= 4 is 17.2 Å². The van der Waals surface area contributed by atoms with Gasteiger partial charge in [0.25, 0.3) is 5.91 Å². The minimum absolute atomic E-state index is 0.117. The Labute approximate surface area is 81.4 Å². The van der Waals surface area contributed by atoms with Crippen LogP contribution in [0.3, 0.4) is 0 Å². The quantitative estimate of drug-likeness (QED) is 0.766. The number of rotatable bonds is 4. The summed E-state index contributed by atoms with van der Waals surface area (Å²) >= 11 is 1.48. The summed E-state index contributed by atoms with van der Waals surface area (Å²) in [4.78, 5) is 11.3. The number of amides is 1. The van der Waals surface area contributed by atoms with E-state index in [0.717, 1.165) is 0 Å². The number of aliphatic hydroxyl groups excluding tert-OH is 1. The Balaban J connectivity index is 2.35. The number of nitrogens with one attached hydrogen (secondary N) is 1. The van der Waals surface area contributed by atoms with Gasteiger partial charge in [0.1, 0.15) is 0 Å². The fourth-order valence-corrected chi connectivity index (χ4v) is 1.49. The number of carbonyl (C=O) groups excluding carboxylic acids is 1. The fraction of sp³-hybridized carbons (Fsp3) is 0.444. The topological polar surface area (TPSA) is 49.3 Å². The van der Waals surface area contributed by atoms with E-state index in [-0.39, 0.29) is 5.91 Å². The molecule has 0 radical (unpaired) electrons. The minimum atomic E-state index is -0.442. The van der Waals surface area contributed by atoms with Gasteiger partial charge in [-0.1, -0.05) is 6.92 Å². The minimum Gasteiger partial charge on any atom is -0.391 e. The van der Waals surface area contributed by atoms with Crippen LogP contribution >= 0.6 is 11.3 Å². The molecular formula is C9H13NO2S. The van der Waals surface area contributed by atoms with E-state index in [1.165, 1.54) is 11.3 Å². The molecule has 0 spiro atoms. The molecule has 1 rings (SSSR count). The molecule has 0 aromatic carbocycles. The highest BCUT2D eigenvalue weighted by atomic mass is 32.1. The lowest BCUT2D eigenvalue weighted by molar-refractivity contribution is 0.0914. The van der Waals surface area contributed by atoms with Gasteiger partial charge in [-0.25, -0.2) is 0 Å². The first kappa shape index (κ1) is 10.2. The van der Waals surface area contributed by atoms with Crippen molar-refractivity contribution in [1.82, 2.24) is 5.32 Å². The van der Waals surface area contributed by atoms with Gasteiger partial charge < -0.3 is 10.4 Å². The largest absolute Gasteiger partial charge is 0.391 e. The van der Waals surface area contributed by atoms with Crippen LogP contribution in [0.5, 0.6) is 0 Å². The van der Waals surface area contributed by atoms with Crippen molar-refractivity contribution in [2.45, 2.75) is 19.4 Å². The van der Waals surface area contributed by atoms with Crippen LogP contribution in [0.25, 0.3) is 0 Å². The van der Waals surface area contributed by atoms with Crippen LogP contribution < -0.4 is 5.32 Å².